The van der Waals surface area contributed by atoms with Gasteiger partial charge in [0, 0.05) is 19.2 Å². The van der Waals surface area contributed by atoms with Crippen LogP contribution >= 0.6 is 0 Å². The Morgan fingerprint density at radius 3 is 2.84 bits per heavy atom. The molecule has 2 unspecified atom stereocenters. The smallest absolute Gasteiger partial charge is 0.323 e. The summed E-state index contributed by atoms with van der Waals surface area (Å²) >= 11 is 0. The molecule has 110 valence electrons. The molecule has 19 heavy (non-hydrogen) atoms. The molecule has 0 aliphatic heterocycles. The summed E-state index contributed by atoms with van der Waals surface area (Å²) in [6.45, 7) is 2.47. The van der Waals surface area contributed by atoms with Gasteiger partial charge in [0.1, 0.15) is 5.54 Å². The maximum atomic E-state index is 11.2. The van der Waals surface area contributed by atoms with E-state index in [2.05, 4.69) is 4.90 Å². The highest BCUT2D eigenvalue weighted by atomic mass is 16.5. The molecule has 2 saturated carbocycles. The van der Waals surface area contributed by atoms with Crippen LogP contribution in [0.5, 0.6) is 0 Å². The Balaban J connectivity index is 1.71. The van der Waals surface area contributed by atoms with E-state index < -0.39 is 11.5 Å². The van der Waals surface area contributed by atoms with Crippen LogP contribution < -0.4 is 5.73 Å². The number of carbonyl (C=O) groups is 1. The van der Waals surface area contributed by atoms with Gasteiger partial charge in [0.15, 0.2) is 0 Å². The van der Waals surface area contributed by atoms with Gasteiger partial charge in [-0.1, -0.05) is 0 Å². The maximum absolute atomic E-state index is 11.2. The van der Waals surface area contributed by atoms with Crippen LogP contribution in [-0.4, -0.2) is 54.4 Å². The Bertz CT molecular complexity index is 320. The highest BCUT2D eigenvalue weighted by Crippen LogP contribution is 2.30. The Hall–Kier alpha value is -0.650. The zero-order valence-electron chi connectivity index (χ0n) is 11.8. The fraction of sp³-hybridized carbons (Fsp3) is 0.929. The lowest BCUT2D eigenvalue weighted by Gasteiger charge is -2.39. The van der Waals surface area contributed by atoms with E-state index in [1.807, 2.05) is 7.05 Å². The van der Waals surface area contributed by atoms with Crippen molar-refractivity contribution in [2.75, 3.05) is 26.8 Å². The molecule has 5 nitrogen and oxygen atoms in total. The van der Waals surface area contributed by atoms with Gasteiger partial charge in [-0.05, 0) is 51.5 Å². The molecule has 0 radical (unpaired) electrons. The normalized spacial score (nSPS) is 31.6. The third-order valence-electron chi connectivity index (χ3n) is 4.45. The number of nitrogens with zero attached hydrogens (tertiary/aromatic N) is 1. The molecule has 2 aliphatic carbocycles. The number of nitrogens with two attached hydrogens (primary N) is 1. The summed E-state index contributed by atoms with van der Waals surface area (Å²) in [7, 11) is 2.04. The van der Waals surface area contributed by atoms with Crippen LogP contribution in [0.4, 0.5) is 0 Å². The van der Waals surface area contributed by atoms with Crippen molar-refractivity contribution in [3.63, 3.8) is 0 Å². The fourth-order valence-electron chi connectivity index (χ4n) is 2.77. The summed E-state index contributed by atoms with van der Waals surface area (Å²) in [6, 6.07) is 0.263. The lowest BCUT2D eigenvalue weighted by Crippen LogP contribution is -2.55. The van der Waals surface area contributed by atoms with E-state index >= 15 is 0 Å². The van der Waals surface area contributed by atoms with Crippen LogP contribution in [0.3, 0.4) is 0 Å². The topological polar surface area (TPSA) is 75.8 Å². The first-order valence-corrected chi connectivity index (χ1v) is 7.31. The maximum Gasteiger partial charge on any atom is 0.323 e. The summed E-state index contributed by atoms with van der Waals surface area (Å²) < 4.78 is 5.63. The van der Waals surface area contributed by atoms with Gasteiger partial charge in [0.2, 0.25) is 0 Å². The highest BCUT2D eigenvalue weighted by Gasteiger charge is 2.40. The van der Waals surface area contributed by atoms with Crippen LogP contribution in [0.15, 0.2) is 0 Å². The van der Waals surface area contributed by atoms with Crippen molar-refractivity contribution >= 4 is 5.97 Å². The average Bonchev–Trinajstić information content (AvgIpc) is 3.18. The van der Waals surface area contributed by atoms with Crippen molar-refractivity contribution < 1.29 is 14.6 Å². The van der Waals surface area contributed by atoms with Crippen LogP contribution in [0.2, 0.25) is 0 Å². The van der Waals surface area contributed by atoms with E-state index in [1.54, 1.807) is 0 Å². The Morgan fingerprint density at radius 2 is 2.21 bits per heavy atom. The molecule has 2 aliphatic rings. The quantitative estimate of drug-likeness (QED) is 0.677. The first-order chi connectivity index (χ1) is 9.01. The largest absolute Gasteiger partial charge is 0.480 e. The van der Waals surface area contributed by atoms with E-state index in [1.165, 1.54) is 12.8 Å². The number of ether oxygens (including phenoxy) is 1. The number of hydrogen-bond donors (Lipinski definition) is 2. The van der Waals surface area contributed by atoms with Gasteiger partial charge in [0.05, 0.1) is 6.61 Å². The van der Waals surface area contributed by atoms with Crippen molar-refractivity contribution in [1.29, 1.82) is 0 Å². The van der Waals surface area contributed by atoms with E-state index in [4.69, 9.17) is 10.5 Å². The van der Waals surface area contributed by atoms with E-state index in [-0.39, 0.29) is 6.04 Å². The first kappa shape index (κ1) is 14.8. The molecule has 3 N–H and O–H groups in total. The van der Waals surface area contributed by atoms with E-state index in [9.17, 15) is 9.90 Å². The standard InChI is InChI=1S/C14H26N2O3/c1-16(7-8-19-10-11-4-5-11)12-3-2-6-14(15,9-12)13(17)18/h11-12H,2-10,15H2,1H3,(H,17,18). The van der Waals surface area contributed by atoms with Gasteiger partial charge in [-0.2, -0.15) is 0 Å². The molecule has 0 aromatic heterocycles. The lowest BCUT2D eigenvalue weighted by molar-refractivity contribution is -0.145. The molecule has 5 heteroatoms. The zero-order valence-corrected chi connectivity index (χ0v) is 11.8. The van der Waals surface area contributed by atoms with Crippen molar-refractivity contribution in [3.05, 3.63) is 0 Å². The summed E-state index contributed by atoms with van der Waals surface area (Å²) in [5.41, 5.74) is 4.94. The average molecular weight is 270 g/mol. The van der Waals surface area contributed by atoms with Gasteiger partial charge in [0.25, 0.3) is 0 Å². The van der Waals surface area contributed by atoms with Crippen molar-refractivity contribution in [2.45, 2.75) is 50.1 Å². The third-order valence-corrected chi connectivity index (χ3v) is 4.45. The molecule has 2 rings (SSSR count). The predicted molar refractivity (Wildman–Crippen MR) is 73.0 cm³/mol. The van der Waals surface area contributed by atoms with Gasteiger partial charge in [-0.15, -0.1) is 0 Å². The minimum Gasteiger partial charge on any atom is -0.480 e. The van der Waals surface area contributed by atoms with Crippen LogP contribution in [0.1, 0.15) is 38.5 Å². The van der Waals surface area contributed by atoms with Gasteiger partial charge < -0.3 is 20.5 Å². The van der Waals surface area contributed by atoms with E-state index in [0.717, 1.165) is 38.5 Å². The summed E-state index contributed by atoms with van der Waals surface area (Å²) in [5, 5.41) is 9.21. The van der Waals surface area contributed by atoms with Crippen molar-refractivity contribution in [2.24, 2.45) is 11.7 Å². The Morgan fingerprint density at radius 1 is 1.47 bits per heavy atom. The van der Waals surface area contributed by atoms with Gasteiger partial charge >= 0.3 is 5.97 Å². The molecule has 2 atom stereocenters. The number of carboxylic acid groups (broad SMARTS) is 1. The third kappa shape index (κ3) is 4.16. The molecule has 0 amide bonds. The molecular weight excluding hydrogens is 244 g/mol. The summed E-state index contributed by atoms with van der Waals surface area (Å²) in [5.74, 6) is -0.0701. The number of likely N-dealkylation sites (N-methyl/N-ethyl adjacent to an activating group) is 1. The van der Waals surface area contributed by atoms with Crippen LogP contribution in [-0.2, 0) is 9.53 Å². The molecule has 0 aromatic carbocycles. The number of aliphatic carboxylic acids is 1. The van der Waals surface area contributed by atoms with Gasteiger partial charge in [-0.3, -0.25) is 4.79 Å². The highest BCUT2D eigenvalue weighted by molar-refractivity contribution is 5.78. The number of carboxylic acids is 1. The Kier molecular flexibility index (Phi) is 4.81. The fourth-order valence-corrected chi connectivity index (χ4v) is 2.77. The van der Waals surface area contributed by atoms with Crippen molar-refractivity contribution in [1.82, 2.24) is 4.90 Å². The monoisotopic (exact) mass is 270 g/mol. The van der Waals surface area contributed by atoms with Crippen molar-refractivity contribution in [3.8, 4) is 0 Å². The Labute approximate surface area is 115 Å². The molecule has 0 heterocycles. The van der Waals surface area contributed by atoms with Gasteiger partial charge in [-0.25, -0.2) is 0 Å². The minimum absolute atomic E-state index is 0.263. The minimum atomic E-state index is -1.04. The molecule has 0 spiro atoms. The molecule has 0 saturated heterocycles. The second-order valence-corrected chi connectivity index (χ2v) is 6.21. The van der Waals surface area contributed by atoms with Crippen LogP contribution in [0, 0.1) is 5.92 Å². The second kappa shape index (κ2) is 6.20. The summed E-state index contributed by atoms with van der Waals surface area (Å²) in [4.78, 5) is 13.4. The van der Waals surface area contributed by atoms with Crippen LogP contribution in [0.25, 0.3) is 0 Å². The molecular formula is C14H26N2O3. The number of rotatable bonds is 7. The molecule has 2 fully saturated rings. The summed E-state index contributed by atoms with van der Waals surface area (Å²) in [6.07, 6.45) is 5.68. The molecule has 0 bridgehead atoms. The second-order valence-electron chi connectivity index (χ2n) is 6.21. The number of hydrogen-bond acceptors (Lipinski definition) is 4. The van der Waals surface area contributed by atoms with E-state index in [0.29, 0.717) is 12.8 Å². The SMILES string of the molecule is CN(CCOCC1CC1)C1CCCC(N)(C(=O)O)C1. The predicted octanol–water partition coefficient (Wildman–Crippen LogP) is 1.07. The first-order valence-electron chi connectivity index (χ1n) is 7.31. The molecule has 0 aromatic rings. The zero-order chi connectivity index (χ0) is 13.9. The lowest BCUT2D eigenvalue weighted by atomic mass is 9.79.